The molecule has 0 saturated carbocycles. The van der Waals surface area contributed by atoms with Crippen molar-refractivity contribution in [2.75, 3.05) is 0 Å². The van der Waals surface area contributed by atoms with Gasteiger partial charge in [-0.2, -0.15) is 0 Å². The highest BCUT2D eigenvalue weighted by atomic mass is 32.1. The molecule has 1 aromatic carbocycles. The molecule has 0 fully saturated rings. The van der Waals surface area contributed by atoms with Crippen molar-refractivity contribution in [1.82, 2.24) is 9.72 Å². The van der Waals surface area contributed by atoms with E-state index in [9.17, 15) is 0 Å². The summed E-state index contributed by atoms with van der Waals surface area (Å²) < 4.78 is 6.62. The van der Waals surface area contributed by atoms with E-state index in [1.807, 2.05) is 37.4 Å². The van der Waals surface area contributed by atoms with E-state index in [4.69, 9.17) is 16.7 Å². The van der Waals surface area contributed by atoms with Gasteiger partial charge in [0.25, 0.3) is 4.84 Å². The molecule has 0 unspecified atom stereocenters. The fraction of sp³-hybridized carbons (Fsp3) is 0.111. The van der Waals surface area contributed by atoms with E-state index in [-0.39, 0.29) is 0 Å². The third kappa shape index (κ3) is 1.40. The van der Waals surface area contributed by atoms with Crippen LogP contribution in [-0.2, 0) is 7.05 Å². The van der Waals surface area contributed by atoms with Crippen molar-refractivity contribution >= 4 is 12.2 Å². The summed E-state index contributed by atoms with van der Waals surface area (Å²) in [6.45, 7) is 0. The molecule has 0 aliphatic rings. The fourth-order valence-electron chi connectivity index (χ4n) is 1.12. The molecule has 0 saturated heterocycles. The summed E-state index contributed by atoms with van der Waals surface area (Å²) in [5, 5.41) is 3.87. The van der Waals surface area contributed by atoms with Crippen LogP contribution in [-0.4, -0.2) is 9.72 Å². The zero-order valence-corrected chi connectivity index (χ0v) is 7.91. The van der Waals surface area contributed by atoms with Crippen LogP contribution in [0.5, 0.6) is 0 Å². The third-order valence-corrected chi connectivity index (χ3v) is 2.18. The summed E-state index contributed by atoms with van der Waals surface area (Å²) in [6.07, 6.45) is 0. The second kappa shape index (κ2) is 3.14. The molecular formula is C9H8N2OS. The lowest BCUT2D eigenvalue weighted by molar-refractivity contribution is 0.400. The van der Waals surface area contributed by atoms with Gasteiger partial charge in [0, 0.05) is 12.6 Å². The summed E-state index contributed by atoms with van der Waals surface area (Å²) in [7, 11) is 1.83. The molecule has 2 rings (SSSR count). The number of nitrogens with zero attached hydrogens (tertiary/aromatic N) is 2. The molecule has 0 aliphatic heterocycles. The van der Waals surface area contributed by atoms with E-state index in [1.165, 1.54) is 0 Å². The second-order valence-electron chi connectivity index (χ2n) is 2.70. The van der Waals surface area contributed by atoms with Gasteiger partial charge in [0.1, 0.15) is 0 Å². The minimum Gasteiger partial charge on any atom is -0.324 e. The number of benzene rings is 1. The molecule has 0 amide bonds. The number of hydrogen-bond donors (Lipinski definition) is 0. The Hall–Kier alpha value is -1.42. The van der Waals surface area contributed by atoms with Crippen molar-refractivity contribution in [1.29, 1.82) is 0 Å². The van der Waals surface area contributed by atoms with Crippen LogP contribution in [0.3, 0.4) is 0 Å². The first-order valence-electron chi connectivity index (χ1n) is 3.87. The Labute approximate surface area is 80.6 Å². The van der Waals surface area contributed by atoms with Crippen molar-refractivity contribution < 1.29 is 4.52 Å². The van der Waals surface area contributed by atoms with Crippen LogP contribution in [0.1, 0.15) is 0 Å². The van der Waals surface area contributed by atoms with E-state index < -0.39 is 0 Å². The maximum atomic E-state index is 4.91. The first-order chi connectivity index (χ1) is 6.29. The smallest absolute Gasteiger partial charge is 0.297 e. The first kappa shape index (κ1) is 8.19. The van der Waals surface area contributed by atoms with E-state index in [0.29, 0.717) is 4.84 Å². The zero-order valence-electron chi connectivity index (χ0n) is 7.10. The number of aromatic nitrogens is 2. The molecule has 1 aromatic heterocycles. The molecule has 1 heterocycles. The van der Waals surface area contributed by atoms with E-state index in [2.05, 4.69) is 5.16 Å². The largest absolute Gasteiger partial charge is 0.324 e. The maximum Gasteiger partial charge on any atom is 0.297 e. The van der Waals surface area contributed by atoms with Gasteiger partial charge in [-0.05, 0) is 12.2 Å². The lowest BCUT2D eigenvalue weighted by atomic mass is 10.2. The van der Waals surface area contributed by atoms with E-state index >= 15 is 0 Å². The van der Waals surface area contributed by atoms with Gasteiger partial charge in [-0.25, -0.2) is 0 Å². The Morgan fingerprint density at radius 3 is 2.54 bits per heavy atom. The SMILES string of the molecule is Cn1c(-c2ccccc2)noc1=S. The molecule has 0 atom stereocenters. The van der Waals surface area contributed by atoms with Crippen molar-refractivity contribution in [2.24, 2.45) is 7.05 Å². The summed E-state index contributed by atoms with van der Waals surface area (Å²) in [5.41, 5.74) is 1.00. The quantitative estimate of drug-likeness (QED) is 0.650. The maximum absolute atomic E-state index is 4.91. The molecule has 4 heteroatoms. The lowest BCUT2D eigenvalue weighted by Crippen LogP contribution is -1.91. The van der Waals surface area contributed by atoms with Gasteiger partial charge >= 0.3 is 0 Å². The van der Waals surface area contributed by atoms with Gasteiger partial charge in [-0.3, -0.25) is 4.57 Å². The number of rotatable bonds is 1. The second-order valence-corrected chi connectivity index (χ2v) is 3.05. The molecule has 0 N–H and O–H groups in total. The van der Waals surface area contributed by atoms with Crippen LogP contribution in [0.25, 0.3) is 11.4 Å². The molecule has 0 bridgehead atoms. The molecule has 0 radical (unpaired) electrons. The van der Waals surface area contributed by atoms with Crippen molar-refractivity contribution in [3.05, 3.63) is 35.2 Å². The summed E-state index contributed by atoms with van der Waals surface area (Å²) in [6, 6.07) is 9.79. The average Bonchev–Trinajstić information content (AvgIpc) is 2.49. The first-order valence-corrected chi connectivity index (χ1v) is 4.28. The molecule has 0 spiro atoms. The van der Waals surface area contributed by atoms with Crippen molar-refractivity contribution in [2.45, 2.75) is 0 Å². The highest BCUT2D eigenvalue weighted by molar-refractivity contribution is 7.71. The van der Waals surface area contributed by atoms with Gasteiger partial charge in [-0.15, -0.1) is 0 Å². The van der Waals surface area contributed by atoms with Crippen LogP contribution in [0.4, 0.5) is 0 Å². The average molecular weight is 192 g/mol. The monoisotopic (exact) mass is 192 g/mol. The van der Waals surface area contributed by atoms with Crippen LogP contribution in [0.15, 0.2) is 34.9 Å². The molecule has 3 nitrogen and oxygen atoms in total. The minimum absolute atomic E-state index is 0.388. The van der Waals surface area contributed by atoms with Crippen molar-refractivity contribution in [3.63, 3.8) is 0 Å². The summed E-state index contributed by atoms with van der Waals surface area (Å²) in [5.74, 6) is 0.755. The van der Waals surface area contributed by atoms with Gasteiger partial charge < -0.3 is 4.52 Å². The Bertz CT molecular complexity index is 458. The van der Waals surface area contributed by atoms with Crippen molar-refractivity contribution in [3.8, 4) is 11.4 Å². The number of hydrogen-bond acceptors (Lipinski definition) is 3. The molecule has 66 valence electrons. The standard InChI is InChI=1S/C9H8N2OS/c1-11-8(10-12-9(11)13)7-5-3-2-4-6-7/h2-6H,1H3. The van der Waals surface area contributed by atoms with Gasteiger partial charge in [-0.1, -0.05) is 35.5 Å². The zero-order chi connectivity index (χ0) is 9.26. The topological polar surface area (TPSA) is 31.0 Å². The summed E-state index contributed by atoms with van der Waals surface area (Å²) >= 11 is 4.91. The van der Waals surface area contributed by atoms with Crippen LogP contribution >= 0.6 is 12.2 Å². The molecule has 0 aliphatic carbocycles. The van der Waals surface area contributed by atoms with Gasteiger partial charge in [0.2, 0.25) is 0 Å². The van der Waals surface area contributed by atoms with Crippen LogP contribution in [0.2, 0.25) is 0 Å². The Morgan fingerprint density at radius 2 is 2.00 bits per heavy atom. The fourth-order valence-corrected chi connectivity index (χ4v) is 1.25. The summed E-state index contributed by atoms with van der Waals surface area (Å²) in [4.78, 5) is 0.388. The Balaban J connectivity index is 2.60. The van der Waals surface area contributed by atoms with Crippen LogP contribution < -0.4 is 0 Å². The predicted molar refractivity (Wildman–Crippen MR) is 51.7 cm³/mol. The highest BCUT2D eigenvalue weighted by Crippen LogP contribution is 2.15. The lowest BCUT2D eigenvalue weighted by Gasteiger charge is -1.96. The Kier molecular flexibility index (Phi) is 1.98. The third-order valence-electron chi connectivity index (χ3n) is 1.83. The van der Waals surface area contributed by atoms with E-state index in [1.54, 1.807) is 4.57 Å². The normalized spacial score (nSPS) is 10.2. The minimum atomic E-state index is 0.388. The van der Waals surface area contributed by atoms with Crippen LogP contribution in [0, 0.1) is 4.84 Å². The highest BCUT2D eigenvalue weighted by Gasteiger charge is 2.05. The molecule has 13 heavy (non-hydrogen) atoms. The molecular weight excluding hydrogens is 184 g/mol. The molecule has 2 aromatic rings. The van der Waals surface area contributed by atoms with Gasteiger partial charge in [0.15, 0.2) is 5.82 Å². The predicted octanol–water partition coefficient (Wildman–Crippen LogP) is 2.41. The Morgan fingerprint density at radius 1 is 1.31 bits per heavy atom. The van der Waals surface area contributed by atoms with Gasteiger partial charge in [0.05, 0.1) is 0 Å². The van der Waals surface area contributed by atoms with E-state index in [0.717, 1.165) is 11.4 Å².